The van der Waals surface area contributed by atoms with E-state index in [1.807, 2.05) is 30.3 Å². The van der Waals surface area contributed by atoms with Crippen molar-refractivity contribution in [3.05, 3.63) is 81.7 Å². The largest absolute Gasteiger partial charge is 0.478 e. The van der Waals surface area contributed by atoms with Gasteiger partial charge in [0, 0.05) is 11.0 Å². The number of thioether (sulfide) groups is 1. The summed E-state index contributed by atoms with van der Waals surface area (Å²) >= 11 is 4.71. The molecule has 3 rings (SSSR count). The van der Waals surface area contributed by atoms with Crippen molar-refractivity contribution in [3.8, 4) is 0 Å². The van der Waals surface area contributed by atoms with Crippen molar-refractivity contribution >= 4 is 56.5 Å². The molecule has 0 spiro atoms. The zero-order chi connectivity index (χ0) is 19.4. The van der Waals surface area contributed by atoms with Gasteiger partial charge in [0.1, 0.15) is 0 Å². The molecule has 0 atom stereocenters. The molecule has 1 N–H and O–H groups in total. The summed E-state index contributed by atoms with van der Waals surface area (Å²) in [7, 11) is 0. The molecule has 1 aliphatic heterocycles. The van der Waals surface area contributed by atoms with E-state index in [2.05, 4.69) is 27.5 Å². The lowest BCUT2D eigenvalue weighted by Gasteiger charge is -2.12. The van der Waals surface area contributed by atoms with E-state index in [0.29, 0.717) is 22.3 Å². The number of carboxylic acid groups (broad SMARTS) is 1. The van der Waals surface area contributed by atoms with Crippen molar-refractivity contribution < 1.29 is 14.7 Å². The van der Waals surface area contributed by atoms with Gasteiger partial charge < -0.3 is 5.11 Å². The lowest BCUT2D eigenvalue weighted by atomic mass is 10.2. The molecule has 0 saturated carbocycles. The van der Waals surface area contributed by atoms with E-state index in [1.165, 1.54) is 23.9 Å². The second kappa shape index (κ2) is 8.37. The van der Waals surface area contributed by atoms with Crippen LogP contribution in [0.15, 0.2) is 75.6 Å². The summed E-state index contributed by atoms with van der Waals surface area (Å²) in [4.78, 5) is 30.3. The van der Waals surface area contributed by atoms with Crippen molar-refractivity contribution in [2.45, 2.75) is 0 Å². The van der Waals surface area contributed by atoms with E-state index in [1.54, 1.807) is 23.1 Å². The molecule has 1 fully saturated rings. The number of hydrogen-bond donors (Lipinski definition) is 1. The number of rotatable bonds is 5. The van der Waals surface area contributed by atoms with E-state index in [9.17, 15) is 9.59 Å². The Balaban J connectivity index is 1.93. The SMILES string of the molecule is C=CCN1C(=O)/C(=C/c2cccc(Br)c2)SC1=Nc1ccc(C(=O)O)cc1. The highest BCUT2D eigenvalue weighted by molar-refractivity contribution is 9.10. The van der Waals surface area contributed by atoms with Gasteiger partial charge >= 0.3 is 5.97 Å². The molecule has 0 aliphatic carbocycles. The molecule has 1 amide bonds. The number of carboxylic acids is 1. The average molecular weight is 443 g/mol. The van der Waals surface area contributed by atoms with Crippen molar-refractivity contribution in [1.82, 2.24) is 4.90 Å². The molecule has 7 heteroatoms. The number of hydrogen-bond acceptors (Lipinski definition) is 4. The van der Waals surface area contributed by atoms with Crippen molar-refractivity contribution in [1.29, 1.82) is 0 Å². The second-order valence-electron chi connectivity index (χ2n) is 5.62. The Labute approximate surface area is 169 Å². The van der Waals surface area contributed by atoms with Gasteiger partial charge in [-0.3, -0.25) is 9.69 Å². The molecular formula is C20H15BrN2O3S. The lowest BCUT2D eigenvalue weighted by molar-refractivity contribution is -0.121. The highest BCUT2D eigenvalue weighted by Crippen LogP contribution is 2.34. The standard InChI is InChI=1S/C20H15BrN2O3S/c1-2-10-23-18(24)17(12-13-4-3-5-15(21)11-13)27-20(23)22-16-8-6-14(7-9-16)19(25)26/h2-9,11-12H,1,10H2,(H,25,26)/b17-12-,22-20?. The second-order valence-corrected chi connectivity index (χ2v) is 7.54. The molecular weight excluding hydrogens is 428 g/mol. The zero-order valence-electron chi connectivity index (χ0n) is 14.1. The Hall–Kier alpha value is -2.64. The number of benzene rings is 2. The minimum absolute atomic E-state index is 0.138. The molecule has 1 aliphatic rings. The van der Waals surface area contributed by atoms with Crippen LogP contribution in [0.2, 0.25) is 0 Å². The number of nitrogens with zero attached hydrogens (tertiary/aromatic N) is 2. The van der Waals surface area contributed by atoms with Crippen molar-refractivity contribution in [2.75, 3.05) is 6.54 Å². The third kappa shape index (κ3) is 4.56. The molecule has 0 radical (unpaired) electrons. The normalized spacial score (nSPS) is 16.9. The molecule has 0 unspecified atom stereocenters. The van der Waals surface area contributed by atoms with E-state index >= 15 is 0 Å². The Morgan fingerprint density at radius 1 is 1.26 bits per heavy atom. The van der Waals surface area contributed by atoms with Gasteiger partial charge in [0.15, 0.2) is 5.17 Å². The van der Waals surface area contributed by atoms with Crippen LogP contribution in [0, 0.1) is 0 Å². The summed E-state index contributed by atoms with van der Waals surface area (Å²) < 4.78 is 0.933. The first-order valence-electron chi connectivity index (χ1n) is 7.98. The summed E-state index contributed by atoms with van der Waals surface area (Å²) in [5, 5.41) is 9.52. The Bertz CT molecular complexity index is 967. The van der Waals surface area contributed by atoms with Gasteiger partial charge in [0.2, 0.25) is 0 Å². The van der Waals surface area contributed by atoms with E-state index < -0.39 is 5.97 Å². The number of carbonyl (C=O) groups is 2. The van der Waals surface area contributed by atoms with Crippen molar-refractivity contribution in [2.24, 2.45) is 4.99 Å². The topological polar surface area (TPSA) is 70.0 Å². The maximum atomic E-state index is 12.7. The Kier molecular flexibility index (Phi) is 5.93. The van der Waals surface area contributed by atoms with Crippen LogP contribution in [0.1, 0.15) is 15.9 Å². The number of aliphatic imine (C=N–C) groups is 1. The van der Waals surface area contributed by atoms with E-state index in [4.69, 9.17) is 5.11 Å². The summed E-state index contributed by atoms with van der Waals surface area (Å²) in [6, 6.07) is 13.9. The molecule has 2 aromatic carbocycles. The minimum atomic E-state index is -0.993. The summed E-state index contributed by atoms with van der Waals surface area (Å²) in [5.41, 5.74) is 1.67. The third-order valence-electron chi connectivity index (χ3n) is 3.69. The van der Waals surface area contributed by atoms with Crippen LogP contribution < -0.4 is 0 Å². The van der Waals surface area contributed by atoms with Crippen LogP contribution in [-0.4, -0.2) is 33.6 Å². The van der Waals surface area contributed by atoms with Gasteiger partial charge in [0.05, 0.1) is 16.2 Å². The van der Waals surface area contributed by atoms with Crippen LogP contribution in [0.3, 0.4) is 0 Å². The van der Waals surface area contributed by atoms with Gasteiger partial charge in [-0.05, 0) is 59.8 Å². The van der Waals surface area contributed by atoms with Crippen LogP contribution >= 0.6 is 27.7 Å². The summed E-state index contributed by atoms with van der Waals surface area (Å²) in [5.74, 6) is -1.13. The molecule has 0 aromatic heterocycles. The number of aromatic carboxylic acids is 1. The summed E-state index contributed by atoms with van der Waals surface area (Å²) in [6.45, 7) is 4.04. The maximum Gasteiger partial charge on any atom is 0.335 e. The average Bonchev–Trinajstić information content (AvgIpc) is 2.91. The lowest BCUT2D eigenvalue weighted by Crippen LogP contribution is -2.29. The fourth-order valence-electron chi connectivity index (χ4n) is 2.42. The van der Waals surface area contributed by atoms with Gasteiger partial charge in [-0.2, -0.15) is 0 Å². The third-order valence-corrected chi connectivity index (χ3v) is 5.19. The highest BCUT2D eigenvalue weighted by Gasteiger charge is 2.32. The fraction of sp³-hybridized carbons (Fsp3) is 0.0500. The van der Waals surface area contributed by atoms with E-state index in [-0.39, 0.29) is 11.5 Å². The number of amides is 1. The van der Waals surface area contributed by atoms with Gasteiger partial charge in [0.25, 0.3) is 5.91 Å². The van der Waals surface area contributed by atoms with E-state index in [0.717, 1.165) is 10.0 Å². The first-order valence-corrected chi connectivity index (χ1v) is 9.59. The maximum absolute atomic E-state index is 12.7. The monoisotopic (exact) mass is 442 g/mol. The van der Waals surface area contributed by atoms with Crippen LogP contribution in [0.5, 0.6) is 0 Å². The van der Waals surface area contributed by atoms with Crippen LogP contribution in [0.4, 0.5) is 5.69 Å². The Morgan fingerprint density at radius 2 is 2.00 bits per heavy atom. The first kappa shape index (κ1) is 19.1. The smallest absolute Gasteiger partial charge is 0.335 e. The molecule has 0 bridgehead atoms. The highest BCUT2D eigenvalue weighted by atomic mass is 79.9. The molecule has 5 nitrogen and oxygen atoms in total. The predicted octanol–water partition coefficient (Wildman–Crippen LogP) is 4.94. The zero-order valence-corrected chi connectivity index (χ0v) is 16.5. The van der Waals surface area contributed by atoms with Crippen molar-refractivity contribution in [3.63, 3.8) is 0 Å². The number of amidine groups is 1. The first-order chi connectivity index (χ1) is 13.0. The summed E-state index contributed by atoms with van der Waals surface area (Å²) in [6.07, 6.45) is 3.47. The molecule has 1 saturated heterocycles. The van der Waals surface area contributed by atoms with Crippen LogP contribution in [0.25, 0.3) is 6.08 Å². The molecule has 136 valence electrons. The van der Waals surface area contributed by atoms with Gasteiger partial charge in [-0.25, -0.2) is 9.79 Å². The van der Waals surface area contributed by atoms with Gasteiger partial charge in [-0.1, -0.05) is 34.1 Å². The van der Waals surface area contributed by atoms with Gasteiger partial charge in [-0.15, -0.1) is 6.58 Å². The minimum Gasteiger partial charge on any atom is -0.478 e. The Morgan fingerprint density at radius 3 is 2.63 bits per heavy atom. The molecule has 1 heterocycles. The fourth-order valence-corrected chi connectivity index (χ4v) is 3.84. The predicted molar refractivity (Wildman–Crippen MR) is 112 cm³/mol. The number of halogens is 1. The quantitative estimate of drug-likeness (QED) is 0.525. The van der Waals surface area contributed by atoms with Crippen LogP contribution in [-0.2, 0) is 4.79 Å². The number of carbonyl (C=O) groups excluding carboxylic acids is 1. The molecule has 27 heavy (non-hydrogen) atoms. The molecule has 2 aromatic rings.